The van der Waals surface area contributed by atoms with Gasteiger partial charge in [0.1, 0.15) is 6.61 Å². The molecular formula is C12H25ClN2O2. The molecule has 0 aromatic carbocycles. The number of unbranched alkanes of at least 4 members (excludes halogenated alkanes) is 1. The number of likely N-dealkylation sites (tertiary alicyclic amines) is 1. The molecule has 17 heavy (non-hydrogen) atoms. The first-order valence-corrected chi connectivity index (χ1v) is 6.36. The van der Waals surface area contributed by atoms with Crippen molar-refractivity contribution in [2.24, 2.45) is 5.73 Å². The van der Waals surface area contributed by atoms with Gasteiger partial charge in [-0.2, -0.15) is 0 Å². The Morgan fingerprint density at radius 2 is 2.24 bits per heavy atom. The Kier molecular flexibility index (Phi) is 9.50. The minimum atomic E-state index is 0. The van der Waals surface area contributed by atoms with Crippen LogP contribution in [0, 0.1) is 0 Å². The zero-order valence-corrected chi connectivity index (χ0v) is 11.5. The topological polar surface area (TPSA) is 55.6 Å². The number of piperidine rings is 1. The Morgan fingerprint density at radius 3 is 2.88 bits per heavy atom. The molecular weight excluding hydrogens is 240 g/mol. The zero-order valence-electron chi connectivity index (χ0n) is 10.7. The van der Waals surface area contributed by atoms with Gasteiger partial charge in [0.25, 0.3) is 0 Å². The summed E-state index contributed by atoms with van der Waals surface area (Å²) in [6.45, 7) is 4.43. The Bertz CT molecular complexity index is 215. The van der Waals surface area contributed by atoms with E-state index in [-0.39, 0.29) is 31.0 Å². The molecule has 2 N–H and O–H groups in total. The molecule has 4 nitrogen and oxygen atoms in total. The molecule has 1 heterocycles. The van der Waals surface area contributed by atoms with E-state index in [1.807, 2.05) is 4.90 Å². The molecule has 5 heteroatoms. The van der Waals surface area contributed by atoms with E-state index in [0.29, 0.717) is 13.2 Å². The first-order valence-electron chi connectivity index (χ1n) is 6.36. The lowest BCUT2D eigenvalue weighted by atomic mass is 10.0. The Labute approximate surface area is 110 Å². The van der Waals surface area contributed by atoms with Crippen LogP contribution in [-0.4, -0.2) is 43.2 Å². The fourth-order valence-corrected chi connectivity index (χ4v) is 2.06. The lowest BCUT2D eigenvalue weighted by Crippen LogP contribution is -2.48. The van der Waals surface area contributed by atoms with Crippen LogP contribution in [0.2, 0.25) is 0 Å². The van der Waals surface area contributed by atoms with E-state index in [2.05, 4.69) is 6.92 Å². The lowest BCUT2D eigenvalue weighted by molar-refractivity contribution is -0.139. The number of nitrogens with zero attached hydrogens (tertiary/aromatic N) is 1. The highest BCUT2D eigenvalue weighted by molar-refractivity contribution is 5.85. The number of halogens is 1. The van der Waals surface area contributed by atoms with E-state index in [1.165, 1.54) is 6.42 Å². The summed E-state index contributed by atoms with van der Waals surface area (Å²) in [5.74, 6) is 0.103. The number of carbonyl (C=O) groups excluding carboxylic acids is 1. The Morgan fingerprint density at radius 1 is 1.47 bits per heavy atom. The summed E-state index contributed by atoms with van der Waals surface area (Å²) in [4.78, 5) is 13.8. The number of rotatable bonds is 6. The van der Waals surface area contributed by atoms with Gasteiger partial charge in [0.05, 0.1) is 0 Å². The molecule has 1 amide bonds. The van der Waals surface area contributed by atoms with Gasteiger partial charge in [0.2, 0.25) is 5.91 Å². The van der Waals surface area contributed by atoms with Gasteiger partial charge in [0.15, 0.2) is 0 Å². The SMILES string of the molecule is CCCCOCC(=O)N1CCCCC1CN.Cl. The van der Waals surface area contributed by atoms with Gasteiger partial charge in [-0.25, -0.2) is 0 Å². The molecule has 1 rings (SSSR count). The first kappa shape index (κ1) is 16.7. The number of ether oxygens (including phenoxy) is 1. The van der Waals surface area contributed by atoms with Crippen LogP contribution in [0.4, 0.5) is 0 Å². The third-order valence-corrected chi connectivity index (χ3v) is 3.09. The Hall–Kier alpha value is -0.320. The fourth-order valence-electron chi connectivity index (χ4n) is 2.06. The highest BCUT2D eigenvalue weighted by Crippen LogP contribution is 2.16. The van der Waals surface area contributed by atoms with E-state index in [1.54, 1.807) is 0 Å². The van der Waals surface area contributed by atoms with Crippen molar-refractivity contribution in [1.29, 1.82) is 0 Å². The monoisotopic (exact) mass is 264 g/mol. The van der Waals surface area contributed by atoms with Gasteiger partial charge in [0, 0.05) is 25.7 Å². The molecule has 0 spiro atoms. The minimum absolute atomic E-state index is 0. The maximum absolute atomic E-state index is 11.9. The van der Waals surface area contributed by atoms with E-state index < -0.39 is 0 Å². The number of amides is 1. The van der Waals surface area contributed by atoms with Crippen molar-refractivity contribution in [1.82, 2.24) is 4.90 Å². The third-order valence-electron chi connectivity index (χ3n) is 3.09. The predicted octanol–water partition coefficient (Wildman–Crippen LogP) is 1.56. The third kappa shape index (κ3) is 5.70. The number of hydrogen-bond donors (Lipinski definition) is 1. The molecule has 0 aliphatic carbocycles. The van der Waals surface area contributed by atoms with Crippen molar-refractivity contribution < 1.29 is 9.53 Å². The molecule has 1 unspecified atom stereocenters. The minimum Gasteiger partial charge on any atom is -0.372 e. The summed E-state index contributed by atoms with van der Waals surface area (Å²) in [6.07, 6.45) is 5.44. The van der Waals surface area contributed by atoms with Crippen LogP contribution in [0.5, 0.6) is 0 Å². The van der Waals surface area contributed by atoms with Crippen molar-refractivity contribution in [2.75, 3.05) is 26.3 Å². The zero-order chi connectivity index (χ0) is 11.8. The molecule has 0 saturated carbocycles. The summed E-state index contributed by atoms with van der Waals surface area (Å²) in [5, 5.41) is 0. The predicted molar refractivity (Wildman–Crippen MR) is 71.4 cm³/mol. The largest absolute Gasteiger partial charge is 0.372 e. The van der Waals surface area contributed by atoms with Gasteiger partial charge in [-0.05, 0) is 25.7 Å². The smallest absolute Gasteiger partial charge is 0.248 e. The van der Waals surface area contributed by atoms with Crippen LogP contribution in [0.15, 0.2) is 0 Å². The summed E-state index contributed by atoms with van der Waals surface area (Å²) in [6, 6.07) is 0.232. The van der Waals surface area contributed by atoms with E-state index in [4.69, 9.17) is 10.5 Å². The molecule has 1 atom stereocenters. The van der Waals surface area contributed by atoms with Crippen LogP contribution < -0.4 is 5.73 Å². The van der Waals surface area contributed by atoms with Crippen molar-refractivity contribution >= 4 is 18.3 Å². The molecule has 0 aromatic heterocycles. The Balaban J connectivity index is 0.00000256. The molecule has 1 fully saturated rings. The maximum atomic E-state index is 11.9. The van der Waals surface area contributed by atoms with Crippen molar-refractivity contribution in [3.8, 4) is 0 Å². The molecule has 1 aliphatic rings. The quantitative estimate of drug-likeness (QED) is 0.741. The molecule has 1 saturated heterocycles. The summed E-state index contributed by atoms with van der Waals surface area (Å²) < 4.78 is 5.35. The van der Waals surface area contributed by atoms with Crippen molar-refractivity contribution in [3.05, 3.63) is 0 Å². The van der Waals surface area contributed by atoms with E-state index >= 15 is 0 Å². The van der Waals surface area contributed by atoms with E-state index in [9.17, 15) is 4.79 Å². The number of nitrogens with two attached hydrogens (primary N) is 1. The standard InChI is InChI=1S/C12H24N2O2.ClH/c1-2-3-8-16-10-12(15)14-7-5-4-6-11(14)9-13;/h11H,2-10,13H2,1H3;1H. The van der Waals surface area contributed by atoms with Crippen LogP contribution >= 0.6 is 12.4 Å². The molecule has 1 aliphatic heterocycles. The average molecular weight is 265 g/mol. The average Bonchev–Trinajstić information content (AvgIpc) is 2.34. The molecule has 102 valence electrons. The highest BCUT2D eigenvalue weighted by atomic mass is 35.5. The molecule has 0 radical (unpaired) electrons. The van der Waals surface area contributed by atoms with Gasteiger partial charge in [-0.15, -0.1) is 12.4 Å². The lowest BCUT2D eigenvalue weighted by Gasteiger charge is -2.35. The van der Waals surface area contributed by atoms with Gasteiger partial charge in [-0.3, -0.25) is 4.79 Å². The second kappa shape index (κ2) is 9.68. The van der Waals surface area contributed by atoms with Crippen LogP contribution in [0.3, 0.4) is 0 Å². The highest BCUT2D eigenvalue weighted by Gasteiger charge is 2.25. The second-order valence-corrected chi connectivity index (χ2v) is 4.38. The molecule has 0 bridgehead atoms. The normalized spacial score (nSPS) is 19.9. The summed E-state index contributed by atoms with van der Waals surface area (Å²) in [5.41, 5.74) is 5.67. The van der Waals surface area contributed by atoms with E-state index in [0.717, 1.165) is 32.2 Å². The van der Waals surface area contributed by atoms with Crippen LogP contribution in [0.1, 0.15) is 39.0 Å². The second-order valence-electron chi connectivity index (χ2n) is 4.38. The van der Waals surface area contributed by atoms with Gasteiger partial charge in [-0.1, -0.05) is 13.3 Å². The van der Waals surface area contributed by atoms with Gasteiger partial charge >= 0.3 is 0 Å². The fraction of sp³-hybridized carbons (Fsp3) is 0.917. The summed E-state index contributed by atoms with van der Waals surface area (Å²) in [7, 11) is 0. The maximum Gasteiger partial charge on any atom is 0.248 e. The summed E-state index contributed by atoms with van der Waals surface area (Å²) >= 11 is 0. The van der Waals surface area contributed by atoms with Crippen LogP contribution in [0.25, 0.3) is 0 Å². The van der Waals surface area contributed by atoms with Crippen molar-refractivity contribution in [2.45, 2.75) is 45.1 Å². The van der Waals surface area contributed by atoms with Crippen molar-refractivity contribution in [3.63, 3.8) is 0 Å². The van der Waals surface area contributed by atoms with Gasteiger partial charge < -0.3 is 15.4 Å². The number of hydrogen-bond acceptors (Lipinski definition) is 3. The first-order chi connectivity index (χ1) is 7.79. The number of carbonyl (C=O) groups is 1. The van der Waals surface area contributed by atoms with Crippen LogP contribution in [-0.2, 0) is 9.53 Å². The molecule has 0 aromatic rings.